The molecule has 0 saturated carbocycles. The Morgan fingerprint density at radius 2 is 1.51 bits per heavy atom. The van der Waals surface area contributed by atoms with Crippen LogP contribution in [0.3, 0.4) is 0 Å². The molecule has 0 fully saturated rings. The van der Waals surface area contributed by atoms with Crippen molar-refractivity contribution < 1.29 is 34.4 Å². The summed E-state index contributed by atoms with van der Waals surface area (Å²) in [6.45, 7) is 15.2. The van der Waals surface area contributed by atoms with Crippen molar-refractivity contribution in [3.8, 4) is 11.3 Å². The molecule has 1 radical (unpaired) electrons. The van der Waals surface area contributed by atoms with Gasteiger partial charge < -0.3 is 14.5 Å². The molecule has 0 aliphatic rings. The van der Waals surface area contributed by atoms with Gasteiger partial charge in [0.15, 0.2) is 5.78 Å². The number of aliphatic hydroxyl groups is 1. The number of aromatic nitrogens is 2. The summed E-state index contributed by atoms with van der Waals surface area (Å²) in [6.07, 6.45) is 3.21. The van der Waals surface area contributed by atoms with E-state index < -0.39 is 5.41 Å². The van der Waals surface area contributed by atoms with Crippen molar-refractivity contribution in [3.63, 3.8) is 0 Å². The summed E-state index contributed by atoms with van der Waals surface area (Å²) >= 11 is 0. The van der Waals surface area contributed by atoms with Gasteiger partial charge in [-0.15, -0.1) is 17.7 Å². The molecule has 0 unspecified atom stereocenters. The second-order valence-corrected chi connectivity index (χ2v) is 12.9. The van der Waals surface area contributed by atoms with Gasteiger partial charge in [-0.25, -0.2) is 0 Å². The third-order valence-electron chi connectivity index (χ3n) is 7.41. The van der Waals surface area contributed by atoms with E-state index in [4.69, 9.17) is 9.40 Å². The molecule has 0 saturated heterocycles. The van der Waals surface area contributed by atoms with Gasteiger partial charge in [-0.05, 0) is 59.3 Å². The van der Waals surface area contributed by atoms with Gasteiger partial charge in [0.1, 0.15) is 11.3 Å². The Labute approximate surface area is 266 Å². The standard InChI is InChI=1S/C26H17N2O.C11H20O2.Ir/c1-15-13-23-18(16(2)28-15)9-10-22-19(23)11-12-27-26(22)17-7-8-21-20-5-3-4-6-24(20)29-25(21)14-17;1-10(2,3)8(12)7-9(13)11(4,5)6;/h3-6,8-14H,1-2H3;7,12H,1-6H3;/q-1;;/b;8-7-;. The van der Waals surface area contributed by atoms with Gasteiger partial charge >= 0.3 is 0 Å². The van der Waals surface area contributed by atoms with Crippen molar-refractivity contribution >= 4 is 49.3 Å². The zero-order valence-electron chi connectivity index (χ0n) is 25.9. The van der Waals surface area contributed by atoms with Crippen LogP contribution < -0.4 is 0 Å². The zero-order valence-corrected chi connectivity index (χ0v) is 28.3. The average Bonchev–Trinajstić information content (AvgIpc) is 3.29. The van der Waals surface area contributed by atoms with Gasteiger partial charge in [-0.2, -0.15) is 0 Å². The molecule has 0 bridgehead atoms. The molecule has 1 N–H and O–H groups in total. The number of aryl methyl sites for hydroxylation is 2. The summed E-state index contributed by atoms with van der Waals surface area (Å²) in [4.78, 5) is 20.8. The second kappa shape index (κ2) is 12.0. The fourth-order valence-electron chi connectivity index (χ4n) is 4.89. The van der Waals surface area contributed by atoms with Crippen molar-refractivity contribution in [3.05, 3.63) is 96.1 Å². The van der Waals surface area contributed by atoms with E-state index in [0.717, 1.165) is 50.0 Å². The van der Waals surface area contributed by atoms with E-state index in [1.54, 1.807) is 0 Å². The van der Waals surface area contributed by atoms with Crippen LogP contribution >= 0.6 is 0 Å². The summed E-state index contributed by atoms with van der Waals surface area (Å²) in [7, 11) is 0. The number of para-hydroxylation sites is 1. The number of fused-ring (bicyclic) bond motifs is 6. The number of hydrogen-bond acceptors (Lipinski definition) is 5. The Morgan fingerprint density at radius 3 is 2.21 bits per heavy atom. The SMILES string of the molecule is CC(C)(C)C(=O)/C=C(\O)C(C)(C)C.Cc1cc2c(ccc3c(-c4[c-]cc5c(c4)oc4ccccc45)nccc32)c(C)n1.[Ir]. The van der Waals surface area contributed by atoms with Crippen LogP contribution in [0.2, 0.25) is 0 Å². The van der Waals surface area contributed by atoms with E-state index in [1.165, 1.54) is 22.2 Å². The van der Waals surface area contributed by atoms with Crippen molar-refractivity contribution in [1.29, 1.82) is 0 Å². The maximum atomic E-state index is 11.5. The summed E-state index contributed by atoms with van der Waals surface area (Å²) in [6, 6.07) is 24.1. The number of furan rings is 1. The minimum atomic E-state index is -0.417. The Hall–Kier alpha value is -3.86. The van der Waals surface area contributed by atoms with Crippen LogP contribution in [0.4, 0.5) is 0 Å². The van der Waals surface area contributed by atoms with Gasteiger partial charge in [0.25, 0.3) is 0 Å². The van der Waals surface area contributed by atoms with E-state index >= 15 is 0 Å². The first kappa shape index (κ1) is 32.1. The third-order valence-corrected chi connectivity index (χ3v) is 7.41. The number of carbonyl (C=O) groups excluding carboxylic acids is 1. The molecule has 6 heteroatoms. The number of ketones is 1. The van der Waals surface area contributed by atoms with Gasteiger partial charge in [0.05, 0.1) is 5.58 Å². The Balaban J connectivity index is 0.000000260. The minimum Gasteiger partial charge on any atom is -0.512 e. The number of benzene rings is 3. The van der Waals surface area contributed by atoms with Gasteiger partial charge in [0, 0.05) is 60.0 Å². The van der Waals surface area contributed by atoms with Gasteiger partial charge in [0.2, 0.25) is 0 Å². The number of allylic oxidation sites excluding steroid dienone is 2. The molecule has 0 spiro atoms. The molecule has 6 aromatic rings. The predicted octanol–water partition coefficient (Wildman–Crippen LogP) is 9.85. The van der Waals surface area contributed by atoms with Crippen molar-refractivity contribution in [2.75, 3.05) is 0 Å². The molecule has 0 atom stereocenters. The minimum absolute atomic E-state index is 0. The van der Waals surface area contributed by atoms with Crippen LogP contribution in [-0.2, 0) is 24.9 Å². The maximum Gasteiger partial charge on any atom is 0.164 e. The molecule has 6 rings (SSSR count). The number of carbonyl (C=O) groups is 1. The topological polar surface area (TPSA) is 76.2 Å². The normalized spacial score (nSPS) is 12.3. The third kappa shape index (κ3) is 6.56. The number of aliphatic hydroxyl groups excluding tert-OH is 1. The molecule has 0 aliphatic heterocycles. The molecule has 0 aliphatic carbocycles. The molecule has 0 amide bonds. The van der Waals surface area contributed by atoms with Crippen LogP contribution in [-0.4, -0.2) is 20.9 Å². The summed E-state index contributed by atoms with van der Waals surface area (Å²) in [5, 5.41) is 16.4. The van der Waals surface area contributed by atoms with Crippen molar-refractivity contribution in [2.24, 2.45) is 10.8 Å². The molecule has 223 valence electrons. The first-order valence-electron chi connectivity index (χ1n) is 14.2. The van der Waals surface area contributed by atoms with Gasteiger partial charge in [-0.3, -0.25) is 9.78 Å². The van der Waals surface area contributed by atoms with Crippen LogP contribution in [0.15, 0.2) is 83.1 Å². The summed E-state index contributed by atoms with van der Waals surface area (Å²) in [5.74, 6) is 0.104. The number of pyridine rings is 2. The average molecular weight is 750 g/mol. The fraction of sp³-hybridized carbons (Fsp3) is 0.270. The zero-order chi connectivity index (χ0) is 30.4. The quantitative estimate of drug-likeness (QED) is 0.0826. The van der Waals surface area contributed by atoms with Crippen LogP contribution in [0.1, 0.15) is 52.9 Å². The van der Waals surface area contributed by atoms with E-state index in [1.807, 2.05) is 85.0 Å². The fourth-order valence-corrected chi connectivity index (χ4v) is 4.89. The van der Waals surface area contributed by atoms with Gasteiger partial charge in [-0.1, -0.05) is 83.3 Å². The first-order valence-corrected chi connectivity index (χ1v) is 14.2. The van der Waals surface area contributed by atoms with Crippen LogP contribution in [0.25, 0.3) is 54.7 Å². The van der Waals surface area contributed by atoms with Crippen LogP contribution in [0, 0.1) is 30.7 Å². The van der Waals surface area contributed by atoms with E-state index in [9.17, 15) is 9.90 Å². The molecule has 3 aromatic heterocycles. The molecule has 3 aromatic carbocycles. The number of nitrogens with zero attached hydrogens (tertiary/aromatic N) is 2. The molecule has 43 heavy (non-hydrogen) atoms. The Bertz CT molecular complexity index is 2010. The maximum absolute atomic E-state index is 11.5. The van der Waals surface area contributed by atoms with Crippen molar-refractivity contribution in [1.82, 2.24) is 9.97 Å². The monoisotopic (exact) mass is 750 g/mol. The second-order valence-electron chi connectivity index (χ2n) is 12.9. The summed E-state index contributed by atoms with van der Waals surface area (Å²) in [5.41, 5.74) is 4.91. The van der Waals surface area contributed by atoms with E-state index in [0.29, 0.717) is 0 Å². The Morgan fingerprint density at radius 1 is 0.814 bits per heavy atom. The first-order chi connectivity index (χ1) is 19.7. The van der Waals surface area contributed by atoms with Crippen LogP contribution in [0.5, 0.6) is 0 Å². The predicted molar refractivity (Wildman–Crippen MR) is 173 cm³/mol. The largest absolute Gasteiger partial charge is 0.512 e. The molecule has 5 nitrogen and oxygen atoms in total. The van der Waals surface area contributed by atoms with Crippen molar-refractivity contribution in [2.45, 2.75) is 55.4 Å². The number of hydrogen-bond donors (Lipinski definition) is 1. The molecular weight excluding hydrogens is 713 g/mol. The number of rotatable bonds is 2. The molecular formula is C37H37IrN2O3-. The Kier molecular flexibility index (Phi) is 8.97. The smallest absolute Gasteiger partial charge is 0.164 e. The summed E-state index contributed by atoms with van der Waals surface area (Å²) < 4.78 is 6.07. The van der Waals surface area contributed by atoms with E-state index in [2.05, 4.69) is 48.3 Å². The molecule has 3 heterocycles. The van der Waals surface area contributed by atoms with E-state index in [-0.39, 0.29) is 37.1 Å².